The van der Waals surface area contributed by atoms with Crippen molar-refractivity contribution in [3.05, 3.63) is 34.8 Å². The Labute approximate surface area is 119 Å². The minimum absolute atomic E-state index is 0.111. The monoisotopic (exact) mass is 278 g/mol. The summed E-state index contributed by atoms with van der Waals surface area (Å²) >= 11 is 0. The van der Waals surface area contributed by atoms with Gasteiger partial charge in [-0.15, -0.1) is 0 Å². The van der Waals surface area contributed by atoms with Crippen molar-refractivity contribution >= 4 is 11.8 Å². The first-order valence-electron chi connectivity index (χ1n) is 6.53. The van der Waals surface area contributed by atoms with Crippen LogP contribution in [0.15, 0.2) is 12.3 Å². The van der Waals surface area contributed by atoms with Crippen LogP contribution >= 0.6 is 0 Å². The van der Waals surface area contributed by atoms with Gasteiger partial charge < -0.3 is 14.2 Å². The van der Waals surface area contributed by atoms with Crippen molar-refractivity contribution < 1.29 is 14.3 Å². The van der Waals surface area contributed by atoms with Gasteiger partial charge in [-0.25, -0.2) is 4.79 Å². The summed E-state index contributed by atoms with van der Waals surface area (Å²) in [5, 5.41) is 0. The first-order chi connectivity index (χ1) is 9.31. The number of ketones is 1. The molecule has 0 aromatic carbocycles. The maximum absolute atomic E-state index is 12.3. The molecule has 0 bridgehead atoms. The van der Waals surface area contributed by atoms with Crippen molar-refractivity contribution in [2.75, 3.05) is 20.7 Å². The van der Waals surface area contributed by atoms with Gasteiger partial charge >= 0.3 is 5.97 Å². The Morgan fingerprint density at radius 3 is 2.40 bits per heavy atom. The number of carbonyl (C=O) groups excluding carboxylic acids is 2. The summed E-state index contributed by atoms with van der Waals surface area (Å²) in [7, 11) is 5.46. The average Bonchev–Trinajstić information content (AvgIpc) is 2.58. The average molecular weight is 278 g/mol. The van der Waals surface area contributed by atoms with E-state index in [-0.39, 0.29) is 5.78 Å². The number of hydrogen-bond acceptors (Lipinski definition) is 4. The summed E-state index contributed by atoms with van der Waals surface area (Å²) in [5.74, 6) is -0.508. The quantitative estimate of drug-likeness (QED) is 0.470. The molecule has 0 radical (unpaired) electrons. The molecule has 1 rings (SSSR count). The number of hydrogen-bond donors (Lipinski definition) is 0. The molecular weight excluding hydrogens is 256 g/mol. The van der Waals surface area contributed by atoms with Crippen molar-refractivity contribution in [3.8, 4) is 0 Å². The lowest BCUT2D eigenvalue weighted by atomic mass is 10.1. The second kappa shape index (κ2) is 6.41. The van der Waals surface area contributed by atoms with Crippen molar-refractivity contribution in [1.82, 2.24) is 9.47 Å². The molecule has 0 atom stereocenters. The van der Waals surface area contributed by atoms with E-state index in [0.29, 0.717) is 23.4 Å². The molecule has 0 saturated heterocycles. The maximum Gasteiger partial charge on any atom is 0.355 e. The molecule has 5 nitrogen and oxygen atoms in total. The lowest BCUT2D eigenvalue weighted by Gasteiger charge is -2.05. The van der Waals surface area contributed by atoms with Crippen molar-refractivity contribution in [1.29, 1.82) is 0 Å². The van der Waals surface area contributed by atoms with Gasteiger partial charge in [0.1, 0.15) is 5.69 Å². The predicted molar refractivity (Wildman–Crippen MR) is 78.0 cm³/mol. The molecule has 5 heteroatoms. The first-order valence-corrected chi connectivity index (χ1v) is 6.53. The molecule has 0 unspecified atom stereocenters. The van der Waals surface area contributed by atoms with E-state index < -0.39 is 5.97 Å². The van der Waals surface area contributed by atoms with Crippen LogP contribution in [0, 0.1) is 13.8 Å². The minimum atomic E-state index is -0.397. The van der Waals surface area contributed by atoms with E-state index in [1.54, 1.807) is 36.6 Å². The Bertz CT molecular complexity index is 554. The van der Waals surface area contributed by atoms with Gasteiger partial charge in [-0.2, -0.15) is 0 Å². The van der Waals surface area contributed by atoms with Crippen molar-refractivity contribution in [2.45, 2.75) is 20.8 Å². The topological polar surface area (TPSA) is 51.5 Å². The van der Waals surface area contributed by atoms with E-state index in [4.69, 9.17) is 4.74 Å². The lowest BCUT2D eigenvalue weighted by molar-refractivity contribution is 0.0514. The lowest BCUT2D eigenvalue weighted by Crippen LogP contribution is -2.11. The third-order valence-corrected chi connectivity index (χ3v) is 3.17. The van der Waals surface area contributed by atoms with E-state index in [9.17, 15) is 9.59 Å². The number of carbonyl (C=O) groups is 2. The molecule has 0 N–H and O–H groups in total. The van der Waals surface area contributed by atoms with Gasteiger partial charge in [0.05, 0.1) is 6.61 Å². The summed E-state index contributed by atoms with van der Waals surface area (Å²) in [4.78, 5) is 26.0. The van der Waals surface area contributed by atoms with Crippen LogP contribution in [0.5, 0.6) is 0 Å². The molecular formula is C15H22N2O3. The van der Waals surface area contributed by atoms with Gasteiger partial charge in [0.15, 0.2) is 5.78 Å². The molecule has 1 heterocycles. The van der Waals surface area contributed by atoms with E-state index in [2.05, 4.69) is 0 Å². The highest BCUT2D eigenvalue weighted by atomic mass is 16.5. The SMILES string of the molecule is CCOC(=O)c1c(C)c(C(=O)/C=C/N(C)C)c(C)n1C. The summed E-state index contributed by atoms with van der Waals surface area (Å²) in [6, 6.07) is 0. The summed E-state index contributed by atoms with van der Waals surface area (Å²) in [6.45, 7) is 5.67. The molecule has 20 heavy (non-hydrogen) atoms. The third-order valence-electron chi connectivity index (χ3n) is 3.17. The zero-order valence-corrected chi connectivity index (χ0v) is 13.0. The number of ether oxygens (including phenoxy) is 1. The van der Waals surface area contributed by atoms with Crippen LogP contribution in [0.2, 0.25) is 0 Å². The Morgan fingerprint density at radius 2 is 1.90 bits per heavy atom. The van der Waals surface area contributed by atoms with Crippen LogP contribution in [0.1, 0.15) is 39.0 Å². The Balaban J connectivity index is 3.26. The molecule has 1 aromatic rings. The number of aromatic nitrogens is 1. The van der Waals surface area contributed by atoms with Crippen LogP contribution < -0.4 is 0 Å². The molecule has 0 aliphatic carbocycles. The molecule has 1 aromatic heterocycles. The van der Waals surface area contributed by atoms with Gasteiger partial charge in [0.25, 0.3) is 0 Å². The number of esters is 1. The van der Waals surface area contributed by atoms with Gasteiger partial charge in [0.2, 0.25) is 0 Å². The smallest absolute Gasteiger partial charge is 0.355 e. The highest BCUT2D eigenvalue weighted by Crippen LogP contribution is 2.22. The first kappa shape index (κ1) is 16.0. The number of allylic oxidation sites excluding steroid dienone is 1. The molecule has 0 saturated carbocycles. The second-order valence-corrected chi connectivity index (χ2v) is 4.86. The fourth-order valence-electron chi connectivity index (χ4n) is 2.13. The van der Waals surface area contributed by atoms with Crippen LogP contribution in [-0.2, 0) is 11.8 Å². The highest BCUT2D eigenvalue weighted by molar-refractivity contribution is 6.08. The molecule has 0 aliphatic heterocycles. The van der Waals surface area contributed by atoms with Gasteiger partial charge in [-0.1, -0.05) is 0 Å². The number of rotatable bonds is 5. The summed E-state index contributed by atoms with van der Waals surface area (Å²) in [5.41, 5.74) is 2.43. The van der Waals surface area contributed by atoms with Crippen LogP contribution in [0.4, 0.5) is 0 Å². The van der Waals surface area contributed by atoms with Crippen LogP contribution in [0.3, 0.4) is 0 Å². The molecule has 0 fully saturated rings. The fraction of sp³-hybridized carbons (Fsp3) is 0.467. The highest BCUT2D eigenvalue weighted by Gasteiger charge is 2.24. The molecule has 0 spiro atoms. The Hall–Kier alpha value is -2.04. The zero-order valence-electron chi connectivity index (χ0n) is 13.0. The van der Waals surface area contributed by atoms with Crippen LogP contribution in [0.25, 0.3) is 0 Å². The summed E-state index contributed by atoms with van der Waals surface area (Å²) in [6.07, 6.45) is 3.20. The van der Waals surface area contributed by atoms with Gasteiger partial charge in [0, 0.05) is 44.7 Å². The molecule has 110 valence electrons. The van der Waals surface area contributed by atoms with Crippen molar-refractivity contribution in [3.63, 3.8) is 0 Å². The zero-order chi connectivity index (χ0) is 15.4. The summed E-state index contributed by atoms with van der Waals surface area (Å²) < 4.78 is 6.75. The molecule has 0 amide bonds. The largest absolute Gasteiger partial charge is 0.461 e. The predicted octanol–water partition coefficient (Wildman–Crippen LogP) is 2.08. The van der Waals surface area contributed by atoms with Gasteiger partial charge in [-0.05, 0) is 26.3 Å². The fourth-order valence-corrected chi connectivity index (χ4v) is 2.13. The van der Waals surface area contributed by atoms with E-state index in [1.165, 1.54) is 6.08 Å². The third kappa shape index (κ3) is 3.10. The van der Waals surface area contributed by atoms with Crippen LogP contribution in [-0.4, -0.2) is 41.9 Å². The van der Waals surface area contributed by atoms with E-state index >= 15 is 0 Å². The standard InChI is InChI=1S/C15H22N2O3/c1-7-20-15(19)14-10(2)13(11(3)17(14)6)12(18)8-9-16(4)5/h8-9H,7H2,1-6H3/b9-8+. The normalized spacial score (nSPS) is 10.9. The Kier molecular flexibility index (Phi) is 5.13. The Morgan fingerprint density at radius 1 is 1.30 bits per heavy atom. The van der Waals surface area contributed by atoms with Gasteiger partial charge in [-0.3, -0.25) is 4.79 Å². The maximum atomic E-state index is 12.3. The minimum Gasteiger partial charge on any atom is -0.461 e. The van der Waals surface area contributed by atoms with E-state index in [0.717, 1.165) is 5.69 Å². The van der Waals surface area contributed by atoms with E-state index in [1.807, 2.05) is 21.0 Å². The molecule has 0 aliphatic rings. The second-order valence-electron chi connectivity index (χ2n) is 4.86. The van der Waals surface area contributed by atoms with Crippen molar-refractivity contribution in [2.24, 2.45) is 7.05 Å². The number of nitrogens with zero attached hydrogens (tertiary/aromatic N) is 2.